The minimum atomic E-state index is -1.21. The van der Waals surface area contributed by atoms with Gasteiger partial charge < -0.3 is 29.5 Å². The maximum absolute atomic E-state index is 12.9. The highest BCUT2D eigenvalue weighted by molar-refractivity contribution is 6.10. The van der Waals surface area contributed by atoms with Crippen LogP contribution in [0, 0.1) is 0 Å². The zero-order valence-corrected chi connectivity index (χ0v) is 28.1. The maximum atomic E-state index is 12.9. The van der Waals surface area contributed by atoms with Crippen molar-refractivity contribution >= 4 is 35.1 Å². The predicted octanol–water partition coefficient (Wildman–Crippen LogP) is 6.21. The lowest BCUT2D eigenvalue weighted by Gasteiger charge is -2.27. The van der Waals surface area contributed by atoms with Crippen LogP contribution in [0.1, 0.15) is 69.7 Å². The molecule has 2 aliphatic heterocycles. The van der Waals surface area contributed by atoms with Crippen molar-refractivity contribution in [2.75, 3.05) is 36.2 Å². The van der Waals surface area contributed by atoms with E-state index in [9.17, 15) is 29.4 Å². The minimum Gasteiger partial charge on any atom is -0.481 e. The van der Waals surface area contributed by atoms with Gasteiger partial charge >= 0.3 is 11.9 Å². The van der Waals surface area contributed by atoms with E-state index < -0.39 is 22.8 Å². The van der Waals surface area contributed by atoms with E-state index in [4.69, 9.17) is 9.47 Å². The number of ether oxygens (including phenoxy) is 2. The van der Waals surface area contributed by atoms with Gasteiger partial charge in [0.05, 0.1) is 37.1 Å². The van der Waals surface area contributed by atoms with Gasteiger partial charge in [-0.25, -0.2) is 0 Å². The highest BCUT2D eigenvalue weighted by Crippen LogP contribution is 2.34. The number of nitrogens with zero attached hydrogens (tertiary/aromatic N) is 2. The molecule has 10 heteroatoms. The van der Waals surface area contributed by atoms with Crippen molar-refractivity contribution in [1.29, 1.82) is 0 Å². The molecule has 0 aliphatic carbocycles. The second-order valence-corrected chi connectivity index (χ2v) is 13.2. The molecule has 6 rings (SSSR count). The molecular weight excluding hydrogens is 636 g/mol. The fourth-order valence-electron chi connectivity index (χ4n) is 6.57. The lowest BCUT2D eigenvalue weighted by atomic mass is 9.79. The van der Waals surface area contributed by atoms with Crippen molar-refractivity contribution in [2.45, 2.75) is 50.6 Å². The predicted molar refractivity (Wildman–Crippen MR) is 188 cm³/mol. The summed E-state index contributed by atoms with van der Waals surface area (Å²) >= 11 is 0. The number of carbonyl (C=O) groups is 4. The Balaban J connectivity index is 0.959. The Bertz CT molecular complexity index is 1770. The van der Waals surface area contributed by atoms with E-state index >= 15 is 0 Å². The molecule has 10 nitrogen and oxygen atoms in total. The second kappa shape index (κ2) is 14.3. The van der Waals surface area contributed by atoms with Crippen molar-refractivity contribution in [3.63, 3.8) is 0 Å². The van der Waals surface area contributed by atoms with Gasteiger partial charge in [0.15, 0.2) is 0 Å². The molecule has 50 heavy (non-hydrogen) atoms. The summed E-state index contributed by atoms with van der Waals surface area (Å²) in [5.41, 5.74) is 3.49. The van der Waals surface area contributed by atoms with Crippen LogP contribution in [0.15, 0.2) is 97.1 Å². The van der Waals surface area contributed by atoms with Gasteiger partial charge in [-0.3, -0.25) is 19.2 Å². The van der Waals surface area contributed by atoms with Gasteiger partial charge in [-0.1, -0.05) is 60.7 Å². The van der Waals surface area contributed by atoms with Gasteiger partial charge in [0.25, 0.3) is 11.8 Å². The molecule has 258 valence electrons. The van der Waals surface area contributed by atoms with Crippen LogP contribution in [0.3, 0.4) is 0 Å². The molecule has 0 bridgehead atoms. The van der Waals surface area contributed by atoms with Crippen molar-refractivity contribution in [2.24, 2.45) is 0 Å². The van der Waals surface area contributed by atoms with E-state index in [1.54, 1.807) is 72.2 Å². The van der Waals surface area contributed by atoms with E-state index in [0.717, 1.165) is 11.1 Å². The molecule has 0 saturated heterocycles. The first-order valence-electron chi connectivity index (χ1n) is 16.7. The Kier molecular flexibility index (Phi) is 9.86. The van der Waals surface area contributed by atoms with Crippen LogP contribution in [-0.4, -0.2) is 60.4 Å². The molecule has 2 N–H and O–H groups in total. The van der Waals surface area contributed by atoms with Gasteiger partial charge in [-0.05, 0) is 85.3 Å². The zero-order chi connectivity index (χ0) is 35.5. The van der Waals surface area contributed by atoms with Gasteiger partial charge in [-0.15, -0.1) is 0 Å². The van der Waals surface area contributed by atoms with Gasteiger partial charge in [0.1, 0.15) is 0 Å². The van der Waals surface area contributed by atoms with Crippen LogP contribution in [0.25, 0.3) is 0 Å². The fraction of sp³-hybridized carbons (Fsp3) is 0.300. The van der Waals surface area contributed by atoms with Gasteiger partial charge in [0, 0.05) is 35.7 Å². The number of anilines is 2. The van der Waals surface area contributed by atoms with E-state index in [-0.39, 0.29) is 51.1 Å². The van der Waals surface area contributed by atoms with Gasteiger partial charge in [-0.2, -0.15) is 0 Å². The molecule has 0 radical (unpaired) electrons. The number of carboxylic acids is 2. The average molecular weight is 677 g/mol. The molecule has 2 heterocycles. The summed E-state index contributed by atoms with van der Waals surface area (Å²) in [6.07, 6.45) is 0.440. The molecule has 2 amide bonds. The first-order chi connectivity index (χ1) is 24.0. The minimum absolute atomic E-state index is 0.0743. The number of hydrogen-bond donors (Lipinski definition) is 2. The van der Waals surface area contributed by atoms with E-state index in [0.29, 0.717) is 46.7 Å². The highest BCUT2D eigenvalue weighted by atomic mass is 16.5. The number of hydrogen-bond acceptors (Lipinski definition) is 6. The standard InChI is InChI=1S/C40H40N2O8/c1-39(37(45)46,29-11-15-31(16-12-29)41-25-27-7-3-5-9-33(27)35(41)43)19-21-49-23-24-50-22-20-40(2,38(47)48)30-13-17-32(18-14-30)42-26-28-8-4-6-10-34(28)36(42)44/h3-18H,19-26H2,1-2H3,(H,45,46)(H,47,48). The number of aliphatic carboxylic acids is 2. The summed E-state index contributed by atoms with van der Waals surface area (Å²) in [6, 6.07) is 29.1. The highest BCUT2D eigenvalue weighted by Gasteiger charge is 2.37. The van der Waals surface area contributed by atoms with Crippen LogP contribution in [0.4, 0.5) is 11.4 Å². The maximum Gasteiger partial charge on any atom is 0.313 e. The van der Waals surface area contributed by atoms with Gasteiger partial charge in [0.2, 0.25) is 0 Å². The third-order valence-electron chi connectivity index (χ3n) is 10.1. The number of benzene rings is 4. The third-order valence-corrected chi connectivity index (χ3v) is 10.1. The largest absolute Gasteiger partial charge is 0.481 e. The van der Waals surface area contributed by atoms with E-state index in [1.165, 1.54) is 0 Å². The van der Waals surface area contributed by atoms with Crippen LogP contribution >= 0.6 is 0 Å². The normalized spacial score (nSPS) is 16.1. The van der Waals surface area contributed by atoms with Crippen LogP contribution in [0.5, 0.6) is 0 Å². The summed E-state index contributed by atoms with van der Waals surface area (Å²) in [6.45, 7) is 5.05. The zero-order valence-electron chi connectivity index (χ0n) is 28.1. The summed E-state index contributed by atoms with van der Waals surface area (Å²) in [4.78, 5) is 53.8. The Labute approximate surface area is 290 Å². The smallest absolute Gasteiger partial charge is 0.313 e. The van der Waals surface area contributed by atoms with Crippen molar-refractivity contribution in [1.82, 2.24) is 0 Å². The van der Waals surface area contributed by atoms with E-state index in [2.05, 4.69) is 0 Å². The molecule has 4 aromatic carbocycles. The van der Waals surface area contributed by atoms with Crippen LogP contribution < -0.4 is 9.80 Å². The second-order valence-electron chi connectivity index (χ2n) is 13.2. The van der Waals surface area contributed by atoms with Crippen molar-refractivity contribution in [3.05, 3.63) is 130 Å². The first-order valence-corrected chi connectivity index (χ1v) is 16.7. The molecule has 0 spiro atoms. The van der Waals surface area contributed by atoms with Crippen molar-refractivity contribution < 1.29 is 38.9 Å². The number of carboxylic acid groups (broad SMARTS) is 2. The molecular formula is C40H40N2O8. The molecule has 4 aromatic rings. The van der Waals surface area contributed by atoms with Crippen molar-refractivity contribution in [3.8, 4) is 0 Å². The number of fused-ring (bicyclic) bond motifs is 2. The summed E-state index contributed by atoms with van der Waals surface area (Å²) in [7, 11) is 0. The monoisotopic (exact) mass is 676 g/mol. The molecule has 2 atom stereocenters. The fourth-order valence-corrected chi connectivity index (χ4v) is 6.57. The molecule has 2 aliphatic rings. The first kappa shape index (κ1) is 34.5. The Morgan fingerprint density at radius 3 is 1.28 bits per heavy atom. The van der Waals surface area contributed by atoms with E-state index in [1.807, 2.05) is 48.5 Å². The Morgan fingerprint density at radius 2 is 0.940 bits per heavy atom. The lowest BCUT2D eigenvalue weighted by Crippen LogP contribution is -2.34. The number of carbonyl (C=O) groups excluding carboxylic acids is 2. The molecule has 0 aromatic heterocycles. The number of rotatable bonds is 15. The molecule has 0 fully saturated rings. The SMILES string of the molecule is CC(CCOCCOCCC(C)(C(=O)O)c1ccc(N2Cc3ccccc3C2=O)cc1)(C(=O)O)c1ccc(N2Cc3ccccc3C2=O)cc1. The lowest BCUT2D eigenvalue weighted by molar-refractivity contribution is -0.145. The summed E-state index contributed by atoms with van der Waals surface area (Å²) < 4.78 is 11.4. The Hall–Kier alpha value is -5.32. The number of amides is 2. The third kappa shape index (κ3) is 6.64. The average Bonchev–Trinajstić information content (AvgIpc) is 3.65. The Morgan fingerprint density at radius 1 is 0.580 bits per heavy atom. The summed E-state index contributed by atoms with van der Waals surface area (Å²) in [5, 5.41) is 20.2. The van der Waals surface area contributed by atoms with Crippen LogP contribution in [-0.2, 0) is 43.0 Å². The van der Waals surface area contributed by atoms with Crippen LogP contribution in [0.2, 0.25) is 0 Å². The molecule has 2 unspecified atom stereocenters. The molecule has 0 saturated carbocycles. The topological polar surface area (TPSA) is 134 Å². The summed E-state index contributed by atoms with van der Waals surface area (Å²) in [5.74, 6) is -2.11. The quantitative estimate of drug-likeness (QED) is 0.142.